The number of aliphatic imine (C=N–C) groups is 1. The number of nitrogens with zero attached hydrogens (tertiary/aromatic N) is 3. The second-order valence-corrected chi connectivity index (χ2v) is 8.46. The van der Waals surface area contributed by atoms with Gasteiger partial charge in [-0.25, -0.2) is 4.79 Å². The highest BCUT2D eigenvalue weighted by molar-refractivity contribution is 8.13. The van der Waals surface area contributed by atoms with Gasteiger partial charge in [0.2, 0.25) is 6.19 Å². The van der Waals surface area contributed by atoms with E-state index in [0.717, 1.165) is 6.42 Å². The molecule has 142 valence electrons. The zero-order valence-electron chi connectivity index (χ0n) is 16.2. The summed E-state index contributed by atoms with van der Waals surface area (Å²) in [5.41, 5.74) is -0.510. The topological polar surface area (TPSA) is 77.7 Å². The molecule has 1 fully saturated rings. The summed E-state index contributed by atoms with van der Waals surface area (Å²) in [5.74, 6) is 0.656. The molecule has 0 saturated heterocycles. The fourth-order valence-corrected chi connectivity index (χ4v) is 3.52. The van der Waals surface area contributed by atoms with E-state index in [0.29, 0.717) is 17.6 Å². The SMILES string of the molecule is CSC(=NC#N)N[C@@H](CC1CCCCC1)CN(C)C(=O)OC(C)(C)C. The third kappa shape index (κ3) is 9.01. The monoisotopic (exact) mass is 368 g/mol. The van der Waals surface area contributed by atoms with Crippen LogP contribution in [0.2, 0.25) is 0 Å². The standard InChI is InChI=1S/C18H32N4O2S/c1-18(2,3)24-17(23)22(4)12-15(21-16(25-5)20-13-19)11-14-9-7-6-8-10-14/h14-15H,6-12H2,1-5H3,(H,20,21)/t15-/m0/s1. The molecule has 1 atom stereocenters. The molecule has 0 unspecified atom stereocenters. The van der Waals surface area contributed by atoms with Crippen molar-refractivity contribution in [3.63, 3.8) is 0 Å². The highest BCUT2D eigenvalue weighted by Gasteiger charge is 2.25. The normalized spacial score (nSPS) is 17.5. The second-order valence-electron chi connectivity index (χ2n) is 7.66. The number of hydrogen-bond donors (Lipinski definition) is 1. The number of amidine groups is 1. The predicted octanol–water partition coefficient (Wildman–Crippen LogP) is 3.98. The third-order valence-corrected chi connectivity index (χ3v) is 4.81. The summed E-state index contributed by atoms with van der Waals surface area (Å²) in [6, 6.07) is 0.0557. The van der Waals surface area contributed by atoms with Crippen LogP contribution >= 0.6 is 11.8 Å². The Morgan fingerprint density at radius 3 is 2.56 bits per heavy atom. The molecule has 0 spiro atoms. The number of rotatable bonds is 5. The van der Waals surface area contributed by atoms with Crippen molar-refractivity contribution in [1.82, 2.24) is 10.2 Å². The summed E-state index contributed by atoms with van der Waals surface area (Å²) in [4.78, 5) is 17.7. The number of hydrogen-bond acceptors (Lipinski definition) is 5. The van der Waals surface area contributed by atoms with Gasteiger partial charge in [-0.2, -0.15) is 5.26 Å². The van der Waals surface area contributed by atoms with Crippen molar-refractivity contribution in [2.45, 2.75) is 70.9 Å². The van der Waals surface area contributed by atoms with Gasteiger partial charge in [-0.05, 0) is 39.4 Å². The number of likely N-dealkylation sites (N-methyl/N-ethyl adjacent to an activating group) is 1. The molecule has 6 nitrogen and oxygen atoms in total. The summed E-state index contributed by atoms with van der Waals surface area (Å²) in [7, 11) is 1.75. The number of thioether (sulfide) groups is 1. The van der Waals surface area contributed by atoms with E-state index in [1.54, 1.807) is 11.9 Å². The van der Waals surface area contributed by atoms with Gasteiger partial charge in [-0.15, -0.1) is 4.99 Å². The Bertz CT molecular complexity index is 490. The Balaban J connectivity index is 2.73. The maximum Gasteiger partial charge on any atom is 0.410 e. The van der Waals surface area contributed by atoms with Gasteiger partial charge in [0.15, 0.2) is 5.17 Å². The number of carbonyl (C=O) groups excluding carboxylic acids is 1. The predicted molar refractivity (Wildman–Crippen MR) is 104 cm³/mol. The van der Waals surface area contributed by atoms with Gasteiger partial charge in [0.1, 0.15) is 5.60 Å². The molecule has 1 amide bonds. The molecule has 7 heteroatoms. The van der Waals surface area contributed by atoms with Crippen molar-refractivity contribution < 1.29 is 9.53 Å². The largest absolute Gasteiger partial charge is 0.444 e. The lowest BCUT2D eigenvalue weighted by Crippen LogP contribution is -2.46. The van der Waals surface area contributed by atoms with Gasteiger partial charge >= 0.3 is 6.09 Å². The Hall–Kier alpha value is -1.42. The summed E-state index contributed by atoms with van der Waals surface area (Å²) >= 11 is 1.41. The Morgan fingerprint density at radius 2 is 2.04 bits per heavy atom. The van der Waals surface area contributed by atoms with E-state index in [1.165, 1.54) is 43.9 Å². The maximum absolute atomic E-state index is 12.3. The van der Waals surface area contributed by atoms with E-state index < -0.39 is 5.60 Å². The minimum atomic E-state index is -0.510. The Morgan fingerprint density at radius 1 is 1.40 bits per heavy atom. The van der Waals surface area contributed by atoms with Crippen LogP contribution in [0, 0.1) is 17.4 Å². The summed E-state index contributed by atoms with van der Waals surface area (Å²) in [6.45, 7) is 6.11. The average Bonchev–Trinajstić information content (AvgIpc) is 2.53. The van der Waals surface area contributed by atoms with E-state index in [4.69, 9.17) is 10.00 Å². The molecule has 0 aliphatic heterocycles. The first-order valence-corrected chi connectivity index (χ1v) is 10.2. The average molecular weight is 369 g/mol. The molecule has 0 aromatic rings. The first-order chi connectivity index (χ1) is 11.7. The lowest BCUT2D eigenvalue weighted by Gasteiger charge is -2.31. The van der Waals surface area contributed by atoms with Crippen LogP contribution in [0.15, 0.2) is 4.99 Å². The van der Waals surface area contributed by atoms with Gasteiger partial charge < -0.3 is 15.0 Å². The molecule has 1 aliphatic rings. The molecular formula is C18H32N4O2S. The van der Waals surface area contributed by atoms with Crippen molar-refractivity contribution in [3.05, 3.63) is 0 Å². The van der Waals surface area contributed by atoms with Crippen molar-refractivity contribution in [2.24, 2.45) is 10.9 Å². The van der Waals surface area contributed by atoms with Crippen LogP contribution in [0.1, 0.15) is 59.3 Å². The van der Waals surface area contributed by atoms with E-state index >= 15 is 0 Å². The number of amides is 1. The zero-order valence-corrected chi connectivity index (χ0v) is 17.0. The summed E-state index contributed by atoms with van der Waals surface area (Å²) in [6.07, 6.45) is 10.7. The van der Waals surface area contributed by atoms with Crippen molar-refractivity contribution in [1.29, 1.82) is 5.26 Å². The van der Waals surface area contributed by atoms with Gasteiger partial charge in [0, 0.05) is 19.6 Å². The molecule has 0 aromatic carbocycles. The van der Waals surface area contributed by atoms with E-state index in [1.807, 2.05) is 33.2 Å². The van der Waals surface area contributed by atoms with Crippen LogP contribution in [0.4, 0.5) is 4.79 Å². The van der Waals surface area contributed by atoms with Crippen LogP contribution in [-0.2, 0) is 4.74 Å². The molecule has 1 saturated carbocycles. The van der Waals surface area contributed by atoms with E-state index in [-0.39, 0.29) is 12.1 Å². The quantitative estimate of drug-likeness (QED) is 0.451. The first kappa shape index (κ1) is 21.6. The van der Waals surface area contributed by atoms with Crippen LogP contribution in [0.25, 0.3) is 0 Å². The van der Waals surface area contributed by atoms with Gasteiger partial charge in [0.05, 0.1) is 0 Å². The first-order valence-electron chi connectivity index (χ1n) is 8.96. The highest BCUT2D eigenvalue weighted by Crippen LogP contribution is 2.27. The van der Waals surface area contributed by atoms with E-state index in [2.05, 4.69) is 10.3 Å². The Labute approximate surface area is 156 Å². The smallest absolute Gasteiger partial charge is 0.410 e. The zero-order chi connectivity index (χ0) is 18.9. The lowest BCUT2D eigenvalue weighted by atomic mass is 9.85. The van der Waals surface area contributed by atoms with Gasteiger partial charge in [-0.3, -0.25) is 0 Å². The number of nitrogens with one attached hydrogen (secondary N) is 1. The Kier molecular flexibility index (Phi) is 9.12. The van der Waals surface area contributed by atoms with Crippen LogP contribution < -0.4 is 5.32 Å². The summed E-state index contributed by atoms with van der Waals surface area (Å²) < 4.78 is 5.44. The van der Waals surface area contributed by atoms with Crippen LogP contribution in [-0.4, -0.2) is 47.7 Å². The maximum atomic E-state index is 12.3. The van der Waals surface area contributed by atoms with Gasteiger partial charge in [0.25, 0.3) is 0 Å². The van der Waals surface area contributed by atoms with Crippen LogP contribution in [0.5, 0.6) is 0 Å². The van der Waals surface area contributed by atoms with Crippen molar-refractivity contribution in [3.8, 4) is 6.19 Å². The van der Waals surface area contributed by atoms with Crippen LogP contribution in [0.3, 0.4) is 0 Å². The molecule has 0 radical (unpaired) electrons. The molecule has 0 aromatic heterocycles. The second kappa shape index (κ2) is 10.5. The molecule has 0 bridgehead atoms. The van der Waals surface area contributed by atoms with Gasteiger partial charge in [-0.1, -0.05) is 43.9 Å². The van der Waals surface area contributed by atoms with Crippen molar-refractivity contribution >= 4 is 23.0 Å². The number of nitriles is 1. The number of ether oxygens (including phenoxy) is 1. The molecule has 1 aliphatic carbocycles. The lowest BCUT2D eigenvalue weighted by molar-refractivity contribution is 0.0281. The summed E-state index contributed by atoms with van der Waals surface area (Å²) in [5, 5.41) is 12.8. The molecule has 25 heavy (non-hydrogen) atoms. The third-order valence-electron chi connectivity index (χ3n) is 4.21. The molecular weight excluding hydrogens is 336 g/mol. The van der Waals surface area contributed by atoms with Crippen molar-refractivity contribution in [2.75, 3.05) is 19.8 Å². The number of carbonyl (C=O) groups is 1. The molecule has 1 N–H and O–H groups in total. The molecule has 0 heterocycles. The van der Waals surface area contributed by atoms with E-state index in [9.17, 15) is 4.79 Å². The molecule has 1 rings (SSSR count). The fraction of sp³-hybridized carbons (Fsp3) is 0.833. The minimum Gasteiger partial charge on any atom is -0.444 e. The fourth-order valence-electron chi connectivity index (χ4n) is 3.11. The minimum absolute atomic E-state index is 0.0557. The highest BCUT2D eigenvalue weighted by atomic mass is 32.2.